The number of ether oxygens (including phenoxy) is 1. The Morgan fingerprint density at radius 2 is 2.00 bits per heavy atom. The van der Waals surface area contributed by atoms with Crippen LogP contribution in [0.15, 0.2) is 55.0 Å². The summed E-state index contributed by atoms with van der Waals surface area (Å²) in [5.41, 5.74) is 12.5. The van der Waals surface area contributed by atoms with Crippen molar-refractivity contribution in [3.05, 3.63) is 71.9 Å². The first-order chi connectivity index (χ1) is 19.8. The first-order valence-corrected chi connectivity index (χ1v) is 13.9. The minimum Gasteiger partial charge on any atom is -0.451 e. The molecule has 2 aliphatic heterocycles. The Morgan fingerprint density at radius 3 is 2.78 bits per heavy atom. The van der Waals surface area contributed by atoms with Crippen molar-refractivity contribution in [1.82, 2.24) is 20.2 Å². The smallest absolute Gasteiger partial charge is 0.188 e. The molecule has 11 heteroatoms. The van der Waals surface area contributed by atoms with Crippen molar-refractivity contribution in [2.75, 3.05) is 42.2 Å². The first-order valence-electron chi connectivity index (χ1n) is 13.9. The molecule has 0 amide bonds. The Kier molecular flexibility index (Phi) is 8.36. The minimum absolute atomic E-state index is 0.0825. The van der Waals surface area contributed by atoms with Gasteiger partial charge in [-0.3, -0.25) is 10.7 Å². The summed E-state index contributed by atoms with van der Waals surface area (Å²) in [6.07, 6.45) is 8.11. The summed E-state index contributed by atoms with van der Waals surface area (Å²) in [7, 11) is 0. The second kappa shape index (κ2) is 12.1. The van der Waals surface area contributed by atoms with Crippen LogP contribution in [0.25, 0.3) is 5.70 Å². The van der Waals surface area contributed by atoms with E-state index in [0.717, 1.165) is 57.1 Å². The van der Waals surface area contributed by atoms with E-state index in [1.807, 2.05) is 26.0 Å². The fourth-order valence-electron chi connectivity index (χ4n) is 5.85. The zero-order valence-corrected chi connectivity index (χ0v) is 23.5. The molecule has 216 valence electrons. The summed E-state index contributed by atoms with van der Waals surface area (Å²) in [5, 5.41) is 10.9. The summed E-state index contributed by atoms with van der Waals surface area (Å²) in [6.45, 7) is 8.52. The maximum atomic E-state index is 14.3. The molecule has 3 heterocycles. The summed E-state index contributed by atoms with van der Waals surface area (Å²) in [5.74, 6) is 6.91. The van der Waals surface area contributed by atoms with E-state index in [-0.39, 0.29) is 17.3 Å². The van der Waals surface area contributed by atoms with E-state index >= 15 is 0 Å². The van der Waals surface area contributed by atoms with Crippen molar-refractivity contribution < 1.29 is 9.13 Å². The lowest BCUT2D eigenvalue weighted by Gasteiger charge is -2.26. The van der Waals surface area contributed by atoms with Gasteiger partial charge in [0.1, 0.15) is 17.9 Å². The van der Waals surface area contributed by atoms with Gasteiger partial charge in [0, 0.05) is 55.1 Å². The molecule has 0 radical (unpaired) electrons. The van der Waals surface area contributed by atoms with Crippen molar-refractivity contribution in [1.29, 1.82) is 5.41 Å². The number of likely N-dealkylation sites (tertiary alicyclic amines) is 1. The van der Waals surface area contributed by atoms with Crippen LogP contribution in [-0.4, -0.2) is 53.3 Å². The Bertz CT molecular complexity index is 1430. The van der Waals surface area contributed by atoms with Crippen LogP contribution < -0.4 is 32.0 Å². The summed E-state index contributed by atoms with van der Waals surface area (Å²) >= 11 is 0. The van der Waals surface area contributed by atoms with Gasteiger partial charge in [0.2, 0.25) is 0 Å². The number of hydrogen-bond acceptors (Lipinski definition) is 10. The lowest BCUT2D eigenvalue weighted by Crippen LogP contribution is -2.31. The Morgan fingerprint density at radius 1 is 1.17 bits per heavy atom. The van der Waals surface area contributed by atoms with Gasteiger partial charge in [0.05, 0.1) is 17.6 Å². The third-order valence-corrected chi connectivity index (χ3v) is 7.74. The SMILES string of the molecule is CC(C)N/C(=C\C=N)c1cc(F)ccc1Oc1cncnc1N1CCC2(CCN(Cc3ccc(N)c(NN)c3)C2)C1. The van der Waals surface area contributed by atoms with Gasteiger partial charge in [-0.15, -0.1) is 0 Å². The average Bonchev–Trinajstić information content (AvgIpc) is 3.56. The molecule has 1 unspecified atom stereocenters. The number of nitrogen functional groups attached to an aromatic ring is 2. The van der Waals surface area contributed by atoms with Crippen molar-refractivity contribution in [3.63, 3.8) is 0 Å². The summed E-state index contributed by atoms with van der Waals surface area (Å²) < 4.78 is 20.7. The fraction of sp³-hybridized carbons (Fsp3) is 0.367. The van der Waals surface area contributed by atoms with Gasteiger partial charge in [0.15, 0.2) is 11.6 Å². The van der Waals surface area contributed by atoms with E-state index in [0.29, 0.717) is 28.4 Å². The van der Waals surface area contributed by atoms with E-state index in [1.165, 1.54) is 30.2 Å². The molecule has 0 aliphatic carbocycles. The molecule has 0 bridgehead atoms. The Balaban J connectivity index is 1.32. The van der Waals surface area contributed by atoms with Crippen LogP contribution >= 0.6 is 0 Å². The van der Waals surface area contributed by atoms with Crippen LogP contribution in [0, 0.1) is 16.6 Å². The molecule has 1 spiro atoms. The molecule has 10 nitrogen and oxygen atoms in total. The molecule has 41 heavy (non-hydrogen) atoms. The standard InChI is InChI=1S/C30H38FN9O/c1-20(2)37-25(7-10-32)23-14-22(31)4-6-27(23)41-28-15-35-19-36-29(28)40-12-9-30(18-40)8-11-39(17-30)16-21-3-5-24(33)26(13-21)38-34/h3-7,10,13-15,19-20,32,37-38H,8-9,11-12,16-18,33-34H2,1-2H3/b25-7-,32-10?. The van der Waals surface area contributed by atoms with Crippen LogP contribution in [-0.2, 0) is 6.54 Å². The number of hydrazine groups is 1. The van der Waals surface area contributed by atoms with Crippen molar-refractivity contribution in [3.8, 4) is 11.5 Å². The molecule has 2 aliphatic rings. The van der Waals surface area contributed by atoms with E-state index in [9.17, 15) is 4.39 Å². The van der Waals surface area contributed by atoms with E-state index in [2.05, 4.69) is 36.6 Å². The molecule has 5 rings (SSSR count). The van der Waals surface area contributed by atoms with Gasteiger partial charge in [0.25, 0.3) is 0 Å². The van der Waals surface area contributed by atoms with Crippen molar-refractivity contribution in [2.24, 2.45) is 11.3 Å². The quantitative estimate of drug-likeness (QED) is 0.106. The molecule has 2 aromatic carbocycles. The van der Waals surface area contributed by atoms with Crippen LogP contribution in [0.4, 0.5) is 21.6 Å². The van der Waals surface area contributed by atoms with E-state index < -0.39 is 0 Å². The highest BCUT2D eigenvalue weighted by Crippen LogP contribution is 2.43. The molecule has 1 atom stereocenters. The number of benzene rings is 2. The van der Waals surface area contributed by atoms with Crippen molar-refractivity contribution in [2.45, 2.75) is 39.3 Å². The zero-order chi connectivity index (χ0) is 29.0. The molecular formula is C30H38FN9O. The summed E-state index contributed by atoms with van der Waals surface area (Å²) in [4.78, 5) is 13.6. The number of anilines is 3. The molecule has 7 N–H and O–H groups in total. The van der Waals surface area contributed by atoms with E-state index in [1.54, 1.807) is 18.3 Å². The second-order valence-corrected chi connectivity index (χ2v) is 11.2. The highest BCUT2D eigenvalue weighted by atomic mass is 19.1. The molecule has 0 saturated carbocycles. The fourth-order valence-corrected chi connectivity index (χ4v) is 5.85. The highest BCUT2D eigenvalue weighted by Gasteiger charge is 2.44. The van der Waals surface area contributed by atoms with Crippen LogP contribution in [0.1, 0.15) is 37.8 Å². The molecule has 3 aromatic rings. The van der Waals surface area contributed by atoms with Gasteiger partial charge >= 0.3 is 0 Å². The number of rotatable bonds is 10. The van der Waals surface area contributed by atoms with E-state index in [4.69, 9.17) is 21.7 Å². The maximum absolute atomic E-state index is 14.3. The Hall–Kier alpha value is -4.22. The van der Waals surface area contributed by atoms with Gasteiger partial charge in [-0.25, -0.2) is 14.4 Å². The lowest BCUT2D eigenvalue weighted by molar-refractivity contribution is 0.270. The largest absolute Gasteiger partial charge is 0.451 e. The predicted molar refractivity (Wildman–Crippen MR) is 161 cm³/mol. The number of nitrogens with one attached hydrogen (secondary N) is 3. The normalized spacial score (nSPS) is 19.2. The number of nitrogens with zero attached hydrogens (tertiary/aromatic N) is 4. The maximum Gasteiger partial charge on any atom is 0.188 e. The molecule has 1 aromatic heterocycles. The topological polar surface area (TPSA) is 141 Å². The van der Waals surface area contributed by atoms with Gasteiger partial charge < -0.3 is 31.5 Å². The third-order valence-electron chi connectivity index (χ3n) is 7.74. The minimum atomic E-state index is -0.389. The lowest BCUT2D eigenvalue weighted by atomic mass is 9.86. The number of allylic oxidation sites excluding steroid dienone is 1. The number of hydrogen-bond donors (Lipinski definition) is 5. The first kappa shape index (κ1) is 28.3. The Labute approximate surface area is 240 Å². The van der Waals surface area contributed by atoms with Gasteiger partial charge in [-0.2, -0.15) is 0 Å². The molecule has 2 fully saturated rings. The number of halogens is 1. The third kappa shape index (κ3) is 6.41. The molecule has 2 saturated heterocycles. The molecular weight excluding hydrogens is 521 g/mol. The summed E-state index contributed by atoms with van der Waals surface area (Å²) in [6, 6.07) is 10.4. The number of nitrogens with two attached hydrogens (primary N) is 2. The van der Waals surface area contributed by atoms with Crippen LogP contribution in [0.2, 0.25) is 0 Å². The van der Waals surface area contributed by atoms with Gasteiger partial charge in [-0.05, 0) is 75.2 Å². The average molecular weight is 560 g/mol. The van der Waals surface area contributed by atoms with Crippen molar-refractivity contribution >= 4 is 29.1 Å². The number of aromatic nitrogens is 2. The van der Waals surface area contributed by atoms with Gasteiger partial charge in [-0.1, -0.05) is 6.07 Å². The highest BCUT2D eigenvalue weighted by molar-refractivity contribution is 5.84. The van der Waals surface area contributed by atoms with Crippen LogP contribution in [0.3, 0.4) is 0 Å². The predicted octanol–water partition coefficient (Wildman–Crippen LogP) is 4.37. The second-order valence-electron chi connectivity index (χ2n) is 11.2. The monoisotopic (exact) mass is 559 g/mol. The zero-order valence-electron chi connectivity index (χ0n) is 23.5. The van der Waals surface area contributed by atoms with Crippen LogP contribution in [0.5, 0.6) is 11.5 Å².